The van der Waals surface area contributed by atoms with E-state index in [4.69, 9.17) is 0 Å². The number of rotatable bonds is 4. The molecule has 2 aromatic heterocycles. The van der Waals surface area contributed by atoms with Crippen LogP contribution in [-0.4, -0.2) is 43.2 Å². The van der Waals surface area contributed by atoms with Crippen LogP contribution in [0.15, 0.2) is 23.0 Å². The number of aromatic nitrogens is 5. The Morgan fingerprint density at radius 3 is 2.61 bits per heavy atom. The van der Waals surface area contributed by atoms with E-state index in [1.807, 2.05) is 4.68 Å². The van der Waals surface area contributed by atoms with Gasteiger partial charge in [-0.2, -0.15) is 0 Å². The van der Waals surface area contributed by atoms with Crippen molar-refractivity contribution in [3.63, 3.8) is 0 Å². The molecule has 5 rings (SSSR count). The lowest BCUT2D eigenvalue weighted by atomic mass is 9.95. The van der Waals surface area contributed by atoms with Crippen LogP contribution >= 0.6 is 0 Å². The summed E-state index contributed by atoms with van der Waals surface area (Å²) in [6, 6.07) is 6.40. The normalized spacial score (nSPS) is 21.7. The molecule has 1 aromatic carbocycles. The Kier molecular flexibility index (Phi) is 5.38. The van der Waals surface area contributed by atoms with Crippen LogP contribution in [0.1, 0.15) is 80.0 Å². The van der Waals surface area contributed by atoms with Crippen LogP contribution in [0.2, 0.25) is 0 Å². The summed E-state index contributed by atoms with van der Waals surface area (Å²) in [6.45, 7) is 8.39. The second-order valence-corrected chi connectivity index (χ2v) is 9.64. The molecule has 0 spiro atoms. The van der Waals surface area contributed by atoms with E-state index in [2.05, 4.69) is 64.4 Å². The van der Waals surface area contributed by atoms with Crippen molar-refractivity contribution < 1.29 is 0 Å². The Hall–Kier alpha value is -2.54. The topological polar surface area (TPSA) is 79.7 Å². The first kappa shape index (κ1) is 20.4. The molecule has 1 aliphatic carbocycles. The molecule has 2 fully saturated rings. The average Bonchev–Trinajstić information content (AvgIpc) is 3.42. The van der Waals surface area contributed by atoms with E-state index >= 15 is 0 Å². The van der Waals surface area contributed by atoms with Crippen LogP contribution in [0.5, 0.6) is 0 Å². The lowest BCUT2D eigenvalue weighted by molar-refractivity contribution is 0.139. The van der Waals surface area contributed by atoms with Crippen molar-refractivity contribution in [1.82, 2.24) is 30.1 Å². The maximum Gasteiger partial charge on any atom is 0.253 e. The molecule has 1 saturated heterocycles. The largest absolute Gasteiger partial charge is 0.322 e. The van der Waals surface area contributed by atoms with E-state index in [-0.39, 0.29) is 11.6 Å². The van der Waals surface area contributed by atoms with E-state index < -0.39 is 0 Å². The molecule has 0 radical (unpaired) electrons. The molecule has 2 aliphatic rings. The predicted molar refractivity (Wildman–Crippen MR) is 121 cm³/mol. The van der Waals surface area contributed by atoms with Crippen LogP contribution in [0.3, 0.4) is 0 Å². The highest BCUT2D eigenvalue weighted by Crippen LogP contribution is 2.35. The second kappa shape index (κ2) is 8.19. The van der Waals surface area contributed by atoms with Gasteiger partial charge in [-0.1, -0.05) is 19.8 Å². The van der Waals surface area contributed by atoms with Crippen molar-refractivity contribution in [2.75, 3.05) is 13.1 Å². The quantitative estimate of drug-likeness (QED) is 0.688. The molecule has 7 nitrogen and oxygen atoms in total. The van der Waals surface area contributed by atoms with Crippen molar-refractivity contribution in [2.45, 2.75) is 71.4 Å². The molecule has 1 N–H and O–H groups in total. The lowest BCUT2D eigenvalue weighted by Gasteiger charge is -2.36. The molecule has 164 valence electrons. The molecular weight excluding hydrogens is 388 g/mol. The van der Waals surface area contributed by atoms with E-state index in [9.17, 15) is 4.79 Å². The predicted octanol–water partition coefficient (Wildman–Crippen LogP) is 4.07. The summed E-state index contributed by atoms with van der Waals surface area (Å²) >= 11 is 0. The number of tetrazole rings is 1. The van der Waals surface area contributed by atoms with Gasteiger partial charge in [0.1, 0.15) is 6.04 Å². The van der Waals surface area contributed by atoms with Crippen LogP contribution in [-0.2, 0) is 0 Å². The third-order valence-electron chi connectivity index (χ3n) is 7.27. The lowest BCUT2D eigenvalue weighted by Crippen LogP contribution is -2.41. The Morgan fingerprint density at radius 2 is 1.84 bits per heavy atom. The monoisotopic (exact) mass is 420 g/mol. The van der Waals surface area contributed by atoms with Crippen molar-refractivity contribution in [3.8, 4) is 0 Å². The minimum Gasteiger partial charge on any atom is -0.322 e. The Morgan fingerprint density at radius 1 is 1.06 bits per heavy atom. The summed E-state index contributed by atoms with van der Waals surface area (Å²) in [5.41, 5.74) is 4.00. The van der Waals surface area contributed by atoms with Gasteiger partial charge in [0.15, 0.2) is 5.82 Å². The van der Waals surface area contributed by atoms with Crippen molar-refractivity contribution >= 4 is 10.9 Å². The molecule has 7 heteroatoms. The summed E-state index contributed by atoms with van der Waals surface area (Å²) in [6.07, 6.45) is 6.99. The zero-order valence-corrected chi connectivity index (χ0v) is 18.8. The SMILES string of the molecule is Cc1cc2cc([C@H](c3nnnn3C3CCCC3)N3CCC[C@@H](C)C3)c(=O)[nH]c2cc1C. The average molecular weight is 421 g/mol. The maximum absolute atomic E-state index is 13.4. The summed E-state index contributed by atoms with van der Waals surface area (Å²) in [5.74, 6) is 1.41. The Bertz CT molecular complexity index is 1140. The number of aryl methyl sites for hydroxylation is 2. The van der Waals surface area contributed by atoms with Gasteiger partial charge in [-0.3, -0.25) is 9.69 Å². The molecule has 0 unspecified atom stereocenters. The van der Waals surface area contributed by atoms with Crippen molar-refractivity contribution in [1.29, 1.82) is 0 Å². The highest BCUT2D eigenvalue weighted by Gasteiger charge is 2.34. The number of pyridine rings is 1. The number of nitrogens with zero attached hydrogens (tertiary/aromatic N) is 5. The van der Waals surface area contributed by atoms with Crippen molar-refractivity contribution in [3.05, 3.63) is 51.1 Å². The summed E-state index contributed by atoms with van der Waals surface area (Å²) in [4.78, 5) is 18.9. The zero-order valence-electron chi connectivity index (χ0n) is 18.8. The molecule has 0 amide bonds. The number of hydrogen-bond acceptors (Lipinski definition) is 5. The highest BCUT2D eigenvalue weighted by molar-refractivity contribution is 5.81. The number of piperidine rings is 1. The molecule has 1 aliphatic heterocycles. The maximum atomic E-state index is 13.4. The fourth-order valence-corrected chi connectivity index (χ4v) is 5.45. The number of benzene rings is 1. The van der Waals surface area contributed by atoms with E-state index in [0.29, 0.717) is 12.0 Å². The highest BCUT2D eigenvalue weighted by atomic mass is 16.1. The molecule has 3 heterocycles. The molecular formula is C24H32N6O. The fraction of sp³-hybridized carbons (Fsp3) is 0.583. The van der Waals surface area contributed by atoms with Gasteiger partial charge in [-0.15, -0.1) is 5.10 Å². The Balaban J connectivity index is 1.66. The van der Waals surface area contributed by atoms with E-state index in [1.165, 1.54) is 30.4 Å². The molecule has 31 heavy (non-hydrogen) atoms. The summed E-state index contributed by atoms with van der Waals surface area (Å²) in [7, 11) is 0. The van der Waals surface area contributed by atoms with E-state index in [1.54, 1.807) is 0 Å². The molecule has 1 saturated carbocycles. The molecule has 2 atom stereocenters. The van der Waals surface area contributed by atoms with Gasteiger partial charge >= 0.3 is 0 Å². The van der Waals surface area contributed by atoms with Gasteiger partial charge in [0.2, 0.25) is 0 Å². The number of H-pyrrole nitrogens is 1. The van der Waals surface area contributed by atoms with Crippen molar-refractivity contribution in [2.24, 2.45) is 5.92 Å². The number of hydrogen-bond donors (Lipinski definition) is 1. The fourth-order valence-electron chi connectivity index (χ4n) is 5.45. The van der Waals surface area contributed by atoms with Gasteiger partial charge in [-0.05, 0) is 97.1 Å². The minimum atomic E-state index is -0.229. The minimum absolute atomic E-state index is 0.0417. The van der Waals surface area contributed by atoms with Crippen LogP contribution in [0.25, 0.3) is 10.9 Å². The standard InChI is InChI=1S/C24H32N6O/c1-15-7-6-10-29(14-15)22(23-26-27-28-30(23)19-8-4-5-9-19)20-13-18-11-16(2)17(3)12-21(18)25-24(20)31/h11-13,15,19,22H,4-10,14H2,1-3H3,(H,25,31)/t15-,22-/m1/s1. The van der Waals surface area contributed by atoms with Crippen LogP contribution < -0.4 is 5.56 Å². The van der Waals surface area contributed by atoms with Gasteiger partial charge in [0.05, 0.1) is 6.04 Å². The Labute approximate surface area is 182 Å². The molecule has 0 bridgehead atoms. The molecule has 3 aromatic rings. The van der Waals surface area contributed by atoms with Crippen LogP contribution in [0, 0.1) is 19.8 Å². The second-order valence-electron chi connectivity index (χ2n) is 9.64. The van der Waals surface area contributed by atoms with Gasteiger partial charge in [0.25, 0.3) is 5.56 Å². The number of aromatic amines is 1. The third kappa shape index (κ3) is 3.80. The van der Waals surface area contributed by atoms with Gasteiger partial charge < -0.3 is 4.98 Å². The first-order valence-corrected chi connectivity index (χ1v) is 11.7. The number of fused-ring (bicyclic) bond motifs is 1. The van der Waals surface area contributed by atoms with Gasteiger partial charge in [-0.25, -0.2) is 4.68 Å². The zero-order chi connectivity index (χ0) is 21.5. The smallest absolute Gasteiger partial charge is 0.253 e. The summed E-state index contributed by atoms with van der Waals surface area (Å²) in [5, 5.41) is 14.0. The van der Waals surface area contributed by atoms with Crippen LogP contribution in [0.4, 0.5) is 0 Å². The first-order chi connectivity index (χ1) is 15.0. The van der Waals surface area contributed by atoms with Gasteiger partial charge in [0, 0.05) is 17.6 Å². The number of nitrogens with one attached hydrogen (secondary N) is 1. The first-order valence-electron chi connectivity index (χ1n) is 11.7. The van der Waals surface area contributed by atoms with E-state index in [0.717, 1.165) is 54.6 Å². The summed E-state index contributed by atoms with van der Waals surface area (Å²) < 4.78 is 2.01. The number of likely N-dealkylation sites (tertiary alicyclic amines) is 1. The third-order valence-corrected chi connectivity index (χ3v) is 7.27.